The van der Waals surface area contributed by atoms with Gasteiger partial charge in [0.15, 0.2) is 0 Å². The normalized spacial score (nSPS) is 17.8. The fourth-order valence-electron chi connectivity index (χ4n) is 2.42. The first-order chi connectivity index (χ1) is 9.41. The van der Waals surface area contributed by atoms with Crippen LogP contribution in [-0.2, 0) is 9.53 Å². The number of carboxylic acid groups (broad SMARTS) is 1. The summed E-state index contributed by atoms with van der Waals surface area (Å²) in [5.74, 6) is -0.456. The summed E-state index contributed by atoms with van der Waals surface area (Å²) in [5.41, 5.74) is 0. The highest BCUT2D eigenvalue weighted by molar-refractivity contribution is 5.75. The Kier molecular flexibility index (Phi) is 6.78. The van der Waals surface area contributed by atoms with E-state index in [1.807, 2.05) is 20.8 Å². The highest BCUT2D eigenvalue weighted by Gasteiger charge is 2.25. The number of carboxylic acids is 1. The molecule has 20 heavy (non-hydrogen) atoms. The number of aliphatic carboxylic acids is 1. The van der Waals surface area contributed by atoms with Crippen molar-refractivity contribution in [1.29, 1.82) is 0 Å². The third kappa shape index (κ3) is 5.36. The average molecular weight is 286 g/mol. The van der Waals surface area contributed by atoms with Gasteiger partial charge < -0.3 is 20.1 Å². The smallest absolute Gasteiger partial charge is 0.317 e. The maximum atomic E-state index is 12.2. The van der Waals surface area contributed by atoms with Crippen molar-refractivity contribution in [3.05, 3.63) is 0 Å². The number of nitrogens with one attached hydrogen (secondary N) is 1. The molecule has 0 aromatic carbocycles. The number of nitrogens with zero attached hydrogens (tertiary/aromatic N) is 1. The van der Waals surface area contributed by atoms with Crippen LogP contribution in [0.4, 0.5) is 4.79 Å². The van der Waals surface area contributed by atoms with Crippen LogP contribution in [0, 0.1) is 5.92 Å². The number of carbonyl (C=O) groups is 2. The molecular formula is C14H26N2O4. The van der Waals surface area contributed by atoms with Crippen molar-refractivity contribution in [2.45, 2.75) is 52.1 Å². The van der Waals surface area contributed by atoms with Gasteiger partial charge in [-0.25, -0.2) is 4.79 Å². The molecule has 1 heterocycles. The highest BCUT2D eigenvalue weighted by Crippen LogP contribution is 2.18. The standard InChI is InChI=1S/C14H26N2O4/c1-10(2)16(7-4-13(17)18)14(19)15-11(3)12-5-8-20-9-6-12/h10-12H,4-9H2,1-3H3,(H,15,19)(H,17,18). The van der Waals surface area contributed by atoms with Crippen molar-refractivity contribution < 1.29 is 19.4 Å². The van der Waals surface area contributed by atoms with Gasteiger partial charge in [0, 0.05) is 31.8 Å². The van der Waals surface area contributed by atoms with Crippen LogP contribution in [0.5, 0.6) is 0 Å². The van der Waals surface area contributed by atoms with Crippen LogP contribution in [0.1, 0.15) is 40.0 Å². The molecule has 1 fully saturated rings. The van der Waals surface area contributed by atoms with Crippen molar-refractivity contribution in [1.82, 2.24) is 10.2 Å². The first-order valence-electron chi connectivity index (χ1n) is 7.28. The molecule has 0 radical (unpaired) electrons. The van der Waals surface area contributed by atoms with Crippen molar-refractivity contribution in [3.63, 3.8) is 0 Å². The van der Waals surface area contributed by atoms with Crippen molar-refractivity contribution in [2.24, 2.45) is 5.92 Å². The van der Waals surface area contributed by atoms with Crippen LogP contribution in [-0.4, -0.2) is 53.8 Å². The Morgan fingerprint density at radius 3 is 2.40 bits per heavy atom. The van der Waals surface area contributed by atoms with E-state index < -0.39 is 5.97 Å². The molecule has 1 unspecified atom stereocenters. The van der Waals surface area contributed by atoms with E-state index in [9.17, 15) is 9.59 Å². The lowest BCUT2D eigenvalue weighted by molar-refractivity contribution is -0.137. The summed E-state index contributed by atoms with van der Waals surface area (Å²) in [6, 6.07) is -0.117. The van der Waals surface area contributed by atoms with E-state index in [1.165, 1.54) is 0 Å². The lowest BCUT2D eigenvalue weighted by Crippen LogP contribution is -2.50. The first-order valence-corrected chi connectivity index (χ1v) is 7.28. The summed E-state index contributed by atoms with van der Waals surface area (Å²) in [6.45, 7) is 7.51. The van der Waals surface area contributed by atoms with Gasteiger partial charge in [-0.15, -0.1) is 0 Å². The second-order valence-electron chi connectivity index (χ2n) is 5.62. The van der Waals surface area contributed by atoms with Gasteiger partial charge in [0.1, 0.15) is 0 Å². The Labute approximate surface area is 120 Å². The number of rotatable bonds is 6. The molecular weight excluding hydrogens is 260 g/mol. The van der Waals surface area contributed by atoms with Crippen LogP contribution >= 0.6 is 0 Å². The Balaban J connectivity index is 2.49. The van der Waals surface area contributed by atoms with Gasteiger partial charge in [-0.1, -0.05) is 0 Å². The monoisotopic (exact) mass is 286 g/mol. The minimum atomic E-state index is -0.888. The molecule has 1 saturated heterocycles. The van der Waals surface area contributed by atoms with Gasteiger partial charge in [-0.2, -0.15) is 0 Å². The maximum Gasteiger partial charge on any atom is 0.317 e. The molecule has 2 amide bonds. The molecule has 1 atom stereocenters. The number of amides is 2. The highest BCUT2D eigenvalue weighted by atomic mass is 16.5. The number of urea groups is 1. The fourth-order valence-corrected chi connectivity index (χ4v) is 2.42. The summed E-state index contributed by atoms with van der Waals surface area (Å²) in [4.78, 5) is 24.5. The van der Waals surface area contributed by atoms with E-state index in [4.69, 9.17) is 9.84 Å². The summed E-state index contributed by atoms with van der Waals surface area (Å²) < 4.78 is 5.32. The molecule has 116 valence electrons. The molecule has 0 spiro atoms. The first kappa shape index (κ1) is 16.8. The summed E-state index contributed by atoms with van der Waals surface area (Å²) >= 11 is 0. The van der Waals surface area contributed by atoms with Crippen LogP contribution in [0.15, 0.2) is 0 Å². The van der Waals surface area contributed by atoms with E-state index >= 15 is 0 Å². The predicted octanol–water partition coefficient (Wildman–Crippen LogP) is 1.70. The lowest BCUT2D eigenvalue weighted by atomic mass is 9.93. The third-order valence-electron chi connectivity index (χ3n) is 3.77. The Hall–Kier alpha value is -1.30. The van der Waals surface area contributed by atoms with Gasteiger partial charge in [0.25, 0.3) is 0 Å². The molecule has 6 heteroatoms. The number of carbonyl (C=O) groups excluding carboxylic acids is 1. The Morgan fingerprint density at radius 2 is 1.90 bits per heavy atom. The molecule has 0 aliphatic carbocycles. The largest absolute Gasteiger partial charge is 0.481 e. The Bertz CT molecular complexity index is 327. The molecule has 6 nitrogen and oxygen atoms in total. The van der Waals surface area contributed by atoms with Crippen LogP contribution < -0.4 is 5.32 Å². The van der Waals surface area contributed by atoms with E-state index in [1.54, 1.807) is 4.90 Å². The van der Waals surface area contributed by atoms with Crippen molar-refractivity contribution in [3.8, 4) is 0 Å². The van der Waals surface area contributed by atoms with E-state index in [2.05, 4.69) is 5.32 Å². The summed E-state index contributed by atoms with van der Waals surface area (Å²) in [5, 5.41) is 11.7. The molecule has 2 N–H and O–H groups in total. The lowest BCUT2D eigenvalue weighted by Gasteiger charge is -2.32. The fraction of sp³-hybridized carbons (Fsp3) is 0.857. The molecule has 1 aliphatic heterocycles. The second-order valence-corrected chi connectivity index (χ2v) is 5.62. The van der Waals surface area contributed by atoms with Gasteiger partial charge in [0.2, 0.25) is 0 Å². The van der Waals surface area contributed by atoms with Gasteiger partial charge >= 0.3 is 12.0 Å². The van der Waals surface area contributed by atoms with Crippen LogP contribution in [0.3, 0.4) is 0 Å². The number of hydrogen-bond acceptors (Lipinski definition) is 3. The van der Waals surface area contributed by atoms with Crippen molar-refractivity contribution in [2.75, 3.05) is 19.8 Å². The average Bonchev–Trinajstić information content (AvgIpc) is 2.39. The van der Waals surface area contributed by atoms with E-state index in [0.29, 0.717) is 5.92 Å². The quantitative estimate of drug-likeness (QED) is 0.779. The minimum Gasteiger partial charge on any atom is -0.481 e. The minimum absolute atomic E-state index is 0.0174. The van der Waals surface area contributed by atoms with Gasteiger partial charge in [-0.3, -0.25) is 4.79 Å². The summed E-state index contributed by atoms with van der Waals surface area (Å²) in [7, 11) is 0. The van der Waals surface area contributed by atoms with E-state index in [-0.39, 0.29) is 31.1 Å². The van der Waals surface area contributed by atoms with E-state index in [0.717, 1.165) is 26.1 Å². The third-order valence-corrected chi connectivity index (χ3v) is 3.77. The number of hydrogen-bond donors (Lipinski definition) is 2. The van der Waals surface area contributed by atoms with Gasteiger partial charge in [-0.05, 0) is 39.5 Å². The van der Waals surface area contributed by atoms with Crippen LogP contribution in [0.25, 0.3) is 0 Å². The summed E-state index contributed by atoms with van der Waals surface area (Å²) in [6.07, 6.45) is 1.88. The molecule has 1 rings (SSSR count). The molecule has 1 aliphatic rings. The molecule has 0 aromatic heterocycles. The zero-order chi connectivity index (χ0) is 15.1. The SMILES string of the molecule is CC(NC(=O)N(CCC(=O)O)C(C)C)C1CCOCC1. The topological polar surface area (TPSA) is 78.9 Å². The zero-order valence-corrected chi connectivity index (χ0v) is 12.6. The predicted molar refractivity (Wildman–Crippen MR) is 75.6 cm³/mol. The van der Waals surface area contributed by atoms with Crippen molar-refractivity contribution >= 4 is 12.0 Å². The molecule has 0 bridgehead atoms. The van der Waals surface area contributed by atoms with Crippen LogP contribution in [0.2, 0.25) is 0 Å². The second kappa shape index (κ2) is 8.09. The zero-order valence-electron chi connectivity index (χ0n) is 12.6. The molecule has 0 aromatic rings. The molecule has 0 saturated carbocycles. The Morgan fingerprint density at radius 1 is 1.30 bits per heavy atom. The maximum absolute atomic E-state index is 12.2. The number of ether oxygens (including phenoxy) is 1. The van der Waals surface area contributed by atoms with Gasteiger partial charge in [0.05, 0.1) is 6.42 Å².